The fourth-order valence-electron chi connectivity index (χ4n) is 2.50. The smallest absolute Gasteiger partial charge is 0.410 e. The Labute approximate surface area is 142 Å². The van der Waals surface area contributed by atoms with E-state index in [0.717, 1.165) is 18.7 Å². The zero-order valence-corrected chi connectivity index (χ0v) is 14.7. The maximum absolute atomic E-state index is 12.0. The number of carbonyl (C=O) groups is 1. The van der Waals surface area contributed by atoms with E-state index in [-0.39, 0.29) is 6.09 Å². The van der Waals surface area contributed by atoms with E-state index in [1.807, 2.05) is 32.9 Å². The molecule has 128 valence electrons. The average Bonchev–Trinajstić information content (AvgIpc) is 2.46. The summed E-state index contributed by atoms with van der Waals surface area (Å²) in [7, 11) is 0. The van der Waals surface area contributed by atoms with Gasteiger partial charge in [-0.15, -0.1) is 0 Å². The number of aliphatic hydroxyl groups is 1. The van der Waals surface area contributed by atoms with Gasteiger partial charge in [0.05, 0.1) is 6.10 Å². The molecule has 1 atom stereocenters. The van der Waals surface area contributed by atoms with Crippen molar-refractivity contribution in [2.24, 2.45) is 0 Å². The first kappa shape index (κ1) is 18.0. The predicted molar refractivity (Wildman–Crippen MR) is 90.7 cm³/mol. The molecule has 1 aliphatic rings. The molecule has 5 nitrogen and oxygen atoms in total. The van der Waals surface area contributed by atoms with Gasteiger partial charge in [0.2, 0.25) is 0 Å². The standard InChI is InChI=1S/C17H25ClN2O3/c1-17(2,3)23-16(22)20-9-7-19(8-10-20)12-15(21)13-5-4-6-14(18)11-13/h4-6,11,15,21H,7-10,12H2,1-3H3. The third-order valence-corrected chi connectivity index (χ3v) is 3.92. The molecule has 1 N–H and O–H groups in total. The van der Waals surface area contributed by atoms with Crippen molar-refractivity contribution in [3.63, 3.8) is 0 Å². The largest absolute Gasteiger partial charge is 0.444 e. The number of aliphatic hydroxyl groups excluding tert-OH is 1. The van der Waals surface area contributed by atoms with Crippen LogP contribution in [0, 0.1) is 0 Å². The second kappa shape index (κ2) is 7.51. The fraction of sp³-hybridized carbons (Fsp3) is 0.588. The van der Waals surface area contributed by atoms with Gasteiger partial charge in [0.25, 0.3) is 0 Å². The van der Waals surface area contributed by atoms with E-state index in [1.54, 1.807) is 17.0 Å². The topological polar surface area (TPSA) is 53.0 Å². The monoisotopic (exact) mass is 340 g/mol. The highest BCUT2D eigenvalue weighted by atomic mass is 35.5. The van der Waals surface area contributed by atoms with Gasteiger partial charge < -0.3 is 14.7 Å². The number of nitrogens with zero attached hydrogens (tertiary/aromatic N) is 2. The van der Waals surface area contributed by atoms with E-state index in [4.69, 9.17) is 16.3 Å². The van der Waals surface area contributed by atoms with E-state index in [1.165, 1.54) is 0 Å². The molecular formula is C17H25ClN2O3. The molecule has 1 fully saturated rings. The van der Waals surface area contributed by atoms with Gasteiger partial charge in [-0.25, -0.2) is 4.79 Å². The molecule has 1 saturated heterocycles. The van der Waals surface area contributed by atoms with Crippen molar-refractivity contribution < 1.29 is 14.6 Å². The lowest BCUT2D eigenvalue weighted by Crippen LogP contribution is -2.50. The van der Waals surface area contributed by atoms with Crippen molar-refractivity contribution in [3.8, 4) is 0 Å². The maximum Gasteiger partial charge on any atom is 0.410 e. The SMILES string of the molecule is CC(C)(C)OC(=O)N1CCN(CC(O)c2cccc(Cl)c2)CC1. The molecule has 1 aliphatic heterocycles. The average molecular weight is 341 g/mol. The molecular weight excluding hydrogens is 316 g/mol. The fourth-order valence-corrected chi connectivity index (χ4v) is 2.70. The second-order valence-electron chi connectivity index (χ2n) is 6.84. The summed E-state index contributed by atoms with van der Waals surface area (Å²) in [6.45, 7) is 8.78. The van der Waals surface area contributed by atoms with Gasteiger partial charge in [0.15, 0.2) is 0 Å². The molecule has 0 aliphatic carbocycles. The molecule has 1 unspecified atom stereocenters. The lowest BCUT2D eigenvalue weighted by Gasteiger charge is -2.36. The number of benzene rings is 1. The molecule has 2 rings (SSSR count). The van der Waals surface area contributed by atoms with Gasteiger partial charge in [0.1, 0.15) is 5.60 Å². The van der Waals surface area contributed by atoms with E-state index in [2.05, 4.69) is 4.90 Å². The Morgan fingerprint density at radius 2 is 1.96 bits per heavy atom. The van der Waals surface area contributed by atoms with Crippen LogP contribution in [0.1, 0.15) is 32.4 Å². The minimum atomic E-state index is -0.582. The van der Waals surface area contributed by atoms with Crippen LogP contribution in [-0.2, 0) is 4.74 Å². The summed E-state index contributed by atoms with van der Waals surface area (Å²) in [5, 5.41) is 10.9. The van der Waals surface area contributed by atoms with Gasteiger partial charge in [-0.2, -0.15) is 0 Å². The summed E-state index contributed by atoms with van der Waals surface area (Å²) in [4.78, 5) is 15.9. The van der Waals surface area contributed by atoms with Gasteiger partial charge >= 0.3 is 6.09 Å². The third kappa shape index (κ3) is 5.68. The summed E-state index contributed by atoms with van der Waals surface area (Å²) >= 11 is 5.96. The summed E-state index contributed by atoms with van der Waals surface area (Å²) in [6.07, 6.45) is -0.852. The highest BCUT2D eigenvalue weighted by molar-refractivity contribution is 6.30. The van der Waals surface area contributed by atoms with Crippen molar-refractivity contribution in [1.29, 1.82) is 0 Å². The van der Waals surface area contributed by atoms with Crippen LogP contribution in [0.2, 0.25) is 5.02 Å². The Kier molecular flexibility index (Phi) is 5.89. The number of piperazine rings is 1. The quantitative estimate of drug-likeness (QED) is 0.919. The summed E-state index contributed by atoms with van der Waals surface area (Å²) in [6, 6.07) is 7.27. The van der Waals surface area contributed by atoms with Crippen LogP contribution in [0.15, 0.2) is 24.3 Å². The number of rotatable bonds is 3. The summed E-state index contributed by atoms with van der Waals surface area (Å²) in [5.74, 6) is 0. The lowest BCUT2D eigenvalue weighted by molar-refractivity contribution is 0.0101. The lowest BCUT2D eigenvalue weighted by atomic mass is 10.1. The van der Waals surface area contributed by atoms with E-state index in [0.29, 0.717) is 24.7 Å². The van der Waals surface area contributed by atoms with Crippen molar-refractivity contribution >= 4 is 17.7 Å². The molecule has 1 aromatic carbocycles. The summed E-state index contributed by atoms with van der Waals surface area (Å²) < 4.78 is 5.38. The number of hydrogen-bond acceptors (Lipinski definition) is 4. The molecule has 1 amide bonds. The normalized spacial score (nSPS) is 17.9. The number of amides is 1. The van der Waals surface area contributed by atoms with Crippen LogP contribution in [0.25, 0.3) is 0 Å². The molecule has 0 bridgehead atoms. The zero-order chi connectivity index (χ0) is 17.0. The van der Waals surface area contributed by atoms with Crippen LogP contribution >= 0.6 is 11.6 Å². The van der Waals surface area contributed by atoms with Crippen LogP contribution < -0.4 is 0 Å². The minimum Gasteiger partial charge on any atom is -0.444 e. The predicted octanol–water partition coefficient (Wildman–Crippen LogP) is 2.93. The molecule has 0 aromatic heterocycles. The molecule has 0 spiro atoms. The van der Waals surface area contributed by atoms with E-state index in [9.17, 15) is 9.90 Å². The van der Waals surface area contributed by atoms with Gasteiger partial charge in [0, 0.05) is 37.7 Å². The molecule has 0 radical (unpaired) electrons. The number of β-amino-alcohol motifs (C(OH)–C–C–N with tert-alkyl or cyclic N) is 1. The van der Waals surface area contributed by atoms with Gasteiger partial charge in [-0.1, -0.05) is 23.7 Å². The first-order valence-electron chi connectivity index (χ1n) is 7.88. The zero-order valence-electron chi connectivity index (χ0n) is 14.0. The van der Waals surface area contributed by atoms with Crippen LogP contribution in [0.5, 0.6) is 0 Å². The van der Waals surface area contributed by atoms with Crippen molar-refractivity contribution in [2.75, 3.05) is 32.7 Å². The first-order chi connectivity index (χ1) is 10.7. The minimum absolute atomic E-state index is 0.271. The number of halogens is 1. The molecule has 0 saturated carbocycles. The Hall–Kier alpha value is -1.30. The third-order valence-electron chi connectivity index (χ3n) is 3.69. The number of hydrogen-bond donors (Lipinski definition) is 1. The number of carbonyl (C=O) groups excluding carboxylic acids is 1. The molecule has 6 heteroatoms. The Balaban J connectivity index is 1.81. The van der Waals surface area contributed by atoms with Gasteiger partial charge in [-0.05, 0) is 38.5 Å². The van der Waals surface area contributed by atoms with E-state index >= 15 is 0 Å². The molecule has 1 heterocycles. The summed E-state index contributed by atoms with van der Waals surface area (Å²) in [5.41, 5.74) is 0.337. The van der Waals surface area contributed by atoms with Crippen molar-refractivity contribution in [3.05, 3.63) is 34.9 Å². The highest BCUT2D eigenvalue weighted by Gasteiger charge is 2.26. The Bertz CT molecular complexity index is 537. The Morgan fingerprint density at radius 3 is 2.52 bits per heavy atom. The van der Waals surface area contributed by atoms with Crippen molar-refractivity contribution in [1.82, 2.24) is 9.80 Å². The van der Waals surface area contributed by atoms with E-state index < -0.39 is 11.7 Å². The van der Waals surface area contributed by atoms with Crippen LogP contribution in [-0.4, -0.2) is 59.3 Å². The first-order valence-corrected chi connectivity index (χ1v) is 8.26. The van der Waals surface area contributed by atoms with Gasteiger partial charge in [-0.3, -0.25) is 4.90 Å². The second-order valence-corrected chi connectivity index (χ2v) is 7.28. The van der Waals surface area contributed by atoms with Crippen molar-refractivity contribution in [2.45, 2.75) is 32.5 Å². The molecule has 1 aromatic rings. The Morgan fingerprint density at radius 1 is 1.30 bits per heavy atom. The van der Waals surface area contributed by atoms with Crippen LogP contribution in [0.3, 0.4) is 0 Å². The number of ether oxygens (including phenoxy) is 1. The molecule has 23 heavy (non-hydrogen) atoms. The highest BCUT2D eigenvalue weighted by Crippen LogP contribution is 2.19. The maximum atomic E-state index is 12.0. The van der Waals surface area contributed by atoms with Crippen LogP contribution in [0.4, 0.5) is 4.79 Å².